The van der Waals surface area contributed by atoms with E-state index < -0.39 is 29.4 Å². The molecule has 59 heavy (non-hydrogen) atoms. The second-order valence-corrected chi connectivity index (χ2v) is 17.0. The summed E-state index contributed by atoms with van der Waals surface area (Å²) in [7, 11) is 1.34. The molecule has 0 saturated heterocycles. The number of carbonyl (C=O) groups is 1. The maximum atomic E-state index is 14.2. The zero-order chi connectivity index (χ0) is 42.3. The van der Waals surface area contributed by atoms with Crippen LogP contribution in [0.1, 0.15) is 93.9 Å². The van der Waals surface area contributed by atoms with Gasteiger partial charge in [-0.05, 0) is 137 Å². The van der Waals surface area contributed by atoms with Gasteiger partial charge in [-0.15, -0.1) is 6.58 Å². The van der Waals surface area contributed by atoms with Crippen molar-refractivity contribution >= 4 is 11.8 Å². The number of rotatable bonds is 17. The molecule has 3 aromatic rings. The van der Waals surface area contributed by atoms with E-state index in [1.165, 1.54) is 24.8 Å². The Hall–Kier alpha value is -4.71. The molecular formula is C48H61FN2O8. The molecule has 0 radical (unpaired) electrons. The van der Waals surface area contributed by atoms with Crippen LogP contribution in [-0.4, -0.2) is 71.3 Å². The van der Waals surface area contributed by atoms with Crippen LogP contribution in [0.25, 0.3) is 0 Å². The summed E-state index contributed by atoms with van der Waals surface area (Å²) in [5.74, 6) is -0.531. The highest BCUT2D eigenvalue weighted by Crippen LogP contribution is 2.62. The standard InChI is InChI=1S/C48H61FN2O8/c1-8-25-56-48-43(51(46(54)55-7)30-33-16-18-35(49)19-17-33)29-41(50-59-47(4,5)6)39-27-34(13-9-11-23-52)38(14-10-12-24-53)44(45(39)48)40-28-37(21-22-42(40)58-48)57-36-20-15-31(2)32(3)26-36/h8,15-22,26-28,34,38,43-45,52-53H,1,9-14,23-25,29-30H2,2-7H3/t34-,38+,43-,44+,45+,48+/m0/s1. The largest absolute Gasteiger partial charge is 0.459 e. The number of unbranched alkanes of at least 4 members (excludes halogenated alkanes) is 2. The topological polar surface area (TPSA) is 119 Å². The molecule has 0 unspecified atom stereocenters. The van der Waals surface area contributed by atoms with Gasteiger partial charge in [0, 0.05) is 37.7 Å². The lowest BCUT2D eigenvalue weighted by Gasteiger charge is -2.59. The molecule has 6 rings (SSSR count). The van der Waals surface area contributed by atoms with Crippen molar-refractivity contribution in [1.29, 1.82) is 0 Å². The number of fused-ring (bicyclic) bond motifs is 2. The zero-order valence-electron chi connectivity index (χ0n) is 35.4. The van der Waals surface area contributed by atoms with Crippen LogP contribution in [0.3, 0.4) is 0 Å². The smallest absolute Gasteiger partial charge is 0.410 e. The predicted molar refractivity (Wildman–Crippen MR) is 226 cm³/mol. The van der Waals surface area contributed by atoms with Gasteiger partial charge in [-0.2, -0.15) is 0 Å². The van der Waals surface area contributed by atoms with Crippen molar-refractivity contribution in [3.05, 3.63) is 113 Å². The Kier molecular flexibility index (Phi) is 14.2. The number of hydrogen-bond donors (Lipinski definition) is 2. The number of allylic oxidation sites excluding steroid dienone is 1. The van der Waals surface area contributed by atoms with E-state index in [9.17, 15) is 19.4 Å². The maximum absolute atomic E-state index is 14.2. The number of halogens is 1. The van der Waals surface area contributed by atoms with Gasteiger partial charge in [0.05, 0.1) is 25.3 Å². The summed E-state index contributed by atoms with van der Waals surface area (Å²) in [6.07, 6.45) is 8.11. The second kappa shape index (κ2) is 19.1. The van der Waals surface area contributed by atoms with Gasteiger partial charge >= 0.3 is 6.09 Å². The van der Waals surface area contributed by atoms with Gasteiger partial charge in [-0.1, -0.05) is 48.3 Å². The Balaban J connectivity index is 1.61. The molecule has 1 aliphatic heterocycles. The first-order chi connectivity index (χ1) is 28.3. The molecule has 0 bridgehead atoms. The van der Waals surface area contributed by atoms with Crippen molar-refractivity contribution in [2.75, 3.05) is 26.9 Å². The lowest BCUT2D eigenvalue weighted by molar-refractivity contribution is -0.256. The van der Waals surface area contributed by atoms with Crippen LogP contribution in [0, 0.1) is 37.4 Å². The summed E-state index contributed by atoms with van der Waals surface area (Å²) in [4.78, 5) is 22.0. The fourth-order valence-corrected chi connectivity index (χ4v) is 9.02. The van der Waals surface area contributed by atoms with Gasteiger partial charge < -0.3 is 34.0 Å². The SMILES string of the molecule is C=CCO[C@@]12Oc3ccc(Oc4ccc(C)c(C)c4)cc3[C@H]3[C@H](CCCCO)[C@@H](CCCCO)C=C(C(=NOC(C)(C)C)C[C@@H]1N(Cc1ccc(F)cc1)C(=O)OC)[C@H]32. The Labute approximate surface area is 348 Å². The minimum Gasteiger partial charge on any atom is -0.459 e. The van der Waals surface area contributed by atoms with Crippen molar-refractivity contribution in [1.82, 2.24) is 4.90 Å². The molecule has 318 valence electrons. The molecule has 0 spiro atoms. The lowest BCUT2D eigenvalue weighted by Crippen LogP contribution is -2.70. The monoisotopic (exact) mass is 812 g/mol. The van der Waals surface area contributed by atoms with Gasteiger partial charge in [0.25, 0.3) is 0 Å². The van der Waals surface area contributed by atoms with Crippen molar-refractivity contribution in [3.8, 4) is 17.2 Å². The van der Waals surface area contributed by atoms with E-state index >= 15 is 0 Å². The summed E-state index contributed by atoms with van der Waals surface area (Å²) in [6.45, 7) is 14.3. The van der Waals surface area contributed by atoms with E-state index in [4.69, 9.17) is 28.9 Å². The molecule has 0 aromatic heterocycles. The molecule has 1 fully saturated rings. The molecule has 2 N–H and O–H groups in total. The number of benzene rings is 3. The number of aliphatic hydroxyl groups excluding tert-OH is 2. The zero-order valence-corrected chi connectivity index (χ0v) is 35.4. The number of oxime groups is 1. The predicted octanol–water partition coefficient (Wildman–Crippen LogP) is 9.94. The Morgan fingerprint density at radius 3 is 2.34 bits per heavy atom. The summed E-state index contributed by atoms with van der Waals surface area (Å²) in [6, 6.07) is 17.2. The van der Waals surface area contributed by atoms with Crippen molar-refractivity contribution in [3.63, 3.8) is 0 Å². The van der Waals surface area contributed by atoms with E-state index in [0.29, 0.717) is 35.6 Å². The minimum atomic E-state index is -1.48. The fourth-order valence-electron chi connectivity index (χ4n) is 9.02. The van der Waals surface area contributed by atoms with Crippen molar-refractivity contribution in [2.45, 2.75) is 109 Å². The summed E-state index contributed by atoms with van der Waals surface area (Å²) < 4.78 is 40.5. The lowest BCUT2D eigenvalue weighted by atomic mass is 9.55. The third kappa shape index (κ3) is 9.85. The number of amides is 1. The fraction of sp³-hybridized carbons (Fsp3) is 0.500. The Bertz CT molecular complexity index is 1990. The third-order valence-electron chi connectivity index (χ3n) is 11.8. The average Bonchev–Trinajstić information content (AvgIpc) is 3.21. The van der Waals surface area contributed by atoms with Gasteiger partial charge in [0.1, 0.15) is 34.7 Å². The quantitative estimate of drug-likeness (QED) is 0.0786. The molecule has 10 nitrogen and oxygen atoms in total. The summed E-state index contributed by atoms with van der Waals surface area (Å²) in [5.41, 5.74) is 4.90. The maximum Gasteiger partial charge on any atom is 0.410 e. The number of hydrogen-bond acceptors (Lipinski definition) is 9. The number of methoxy groups -OCH3 is 1. The van der Waals surface area contributed by atoms with Crippen molar-refractivity contribution in [2.24, 2.45) is 22.9 Å². The van der Waals surface area contributed by atoms with Gasteiger partial charge in [-0.3, -0.25) is 4.90 Å². The first-order valence-corrected chi connectivity index (χ1v) is 20.9. The molecule has 1 saturated carbocycles. The third-order valence-corrected chi connectivity index (χ3v) is 11.8. The minimum absolute atomic E-state index is 0.0347. The van der Waals surface area contributed by atoms with Crippen LogP contribution in [-0.2, 0) is 20.9 Å². The Morgan fingerprint density at radius 1 is 0.983 bits per heavy atom. The molecule has 11 heteroatoms. The average molecular weight is 813 g/mol. The highest BCUT2D eigenvalue weighted by molar-refractivity contribution is 6.03. The second-order valence-electron chi connectivity index (χ2n) is 17.0. The van der Waals surface area contributed by atoms with E-state index in [1.54, 1.807) is 23.1 Å². The number of ether oxygens (including phenoxy) is 4. The van der Waals surface area contributed by atoms with E-state index in [1.807, 2.05) is 51.1 Å². The van der Waals surface area contributed by atoms with Crippen molar-refractivity contribution < 1.29 is 43.2 Å². The molecular weight excluding hydrogens is 752 g/mol. The van der Waals surface area contributed by atoms with Crippen LogP contribution in [0.5, 0.6) is 17.2 Å². The number of aryl methyl sites for hydroxylation is 2. The van der Waals surface area contributed by atoms with Crippen LogP contribution < -0.4 is 9.47 Å². The molecule has 3 aromatic carbocycles. The molecule has 1 amide bonds. The first kappa shape index (κ1) is 43.9. The highest BCUT2D eigenvalue weighted by Gasteiger charge is 2.65. The van der Waals surface area contributed by atoms with Crippen LogP contribution in [0.4, 0.5) is 9.18 Å². The number of nitrogens with zero attached hydrogens (tertiary/aromatic N) is 2. The summed E-state index contributed by atoms with van der Waals surface area (Å²) >= 11 is 0. The van der Waals surface area contributed by atoms with Crippen LogP contribution in [0.2, 0.25) is 0 Å². The highest BCUT2D eigenvalue weighted by atomic mass is 19.1. The summed E-state index contributed by atoms with van der Waals surface area (Å²) in [5, 5.41) is 24.7. The molecule has 1 heterocycles. The van der Waals surface area contributed by atoms with Gasteiger partial charge in [0.15, 0.2) is 0 Å². The van der Waals surface area contributed by atoms with E-state index in [0.717, 1.165) is 48.1 Å². The van der Waals surface area contributed by atoms with Gasteiger partial charge in [0.2, 0.25) is 5.79 Å². The van der Waals surface area contributed by atoms with E-state index in [-0.39, 0.29) is 56.4 Å². The van der Waals surface area contributed by atoms with E-state index in [2.05, 4.69) is 32.6 Å². The first-order valence-electron chi connectivity index (χ1n) is 20.9. The number of carbonyl (C=O) groups excluding carboxylic acids is 1. The molecule has 3 aliphatic rings. The number of aliphatic hydroxyl groups is 2. The van der Waals surface area contributed by atoms with Crippen LogP contribution in [0.15, 0.2) is 90.1 Å². The normalized spacial score (nSPS) is 24.0. The molecule has 2 aliphatic carbocycles. The molecule has 6 atom stereocenters. The Morgan fingerprint density at radius 2 is 1.68 bits per heavy atom. The van der Waals surface area contributed by atoms with Gasteiger partial charge in [-0.25, -0.2) is 9.18 Å². The van der Waals surface area contributed by atoms with Crippen LogP contribution >= 0.6 is 0 Å².